The Labute approximate surface area is 180 Å². The van der Waals surface area contributed by atoms with Gasteiger partial charge in [-0.2, -0.15) is 0 Å². The quantitative estimate of drug-likeness (QED) is 0.393. The van der Waals surface area contributed by atoms with Crippen LogP contribution >= 0.6 is 0 Å². The van der Waals surface area contributed by atoms with Gasteiger partial charge in [0.2, 0.25) is 17.7 Å². The molecule has 156 valence electrons. The Bertz CT molecular complexity index is 1190. The first-order valence-electron chi connectivity index (χ1n) is 10.3. The highest BCUT2D eigenvalue weighted by atomic mass is 16.4. The third-order valence-corrected chi connectivity index (χ3v) is 4.92. The SMILES string of the molecule is CCCCC(=O)Nc1oc(-c2ccccc2-c2ccccc2O)nc1-c1cccnc1. The maximum Gasteiger partial charge on any atom is 0.229 e. The van der Waals surface area contributed by atoms with E-state index in [4.69, 9.17) is 9.40 Å². The average molecular weight is 413 g/mol. The number of unbranched alkanes of at least 4 members (excludes halogenated alkanes) is 1. The van der Waals surface area contributed by atoms with E-state index >= 15 is 0 Å². The van der Waals surface area contributed by atoms with Crippen LogP contribution in [0.25, 0.3) is 33.8 Å². The van der Waals surface area contributed by atoms with Gasteiger partial charge in [0.15, 0.2) is 0 Å². The summed E-state index contributed by atoms with van der Waals surface area (Å²) in [5.41, 5.74) is 3.42. The van der Waals surface area contributed by atoms with Crippen LogP contribution in [0.2, 0.25) is 0 Å². The zero-order valence-electron chi connectivity index (χ0n) is 17.2. The fourth-order valence-electron chi connectivity index (χ4n) is 3.35. The van der Waals surface area contributed by atoms with Crippen LogP contribution in [0.5, 0.6) is 5.75 Å². The summed E-state index contributed by atoms with van der Waals surface area (Å²) in [4.78, 5) is 21.2. The van der Waals surface area contributed by atoms with E-state index in [9.17, 15) is 9.90 Å². The number of benzene rings is 2. The number of carbonyl (C=O) groups excluding carboxylic acids is 1. The van der Waals surface area contributed by atoms with Gasteiger partial charge >= 0.3 is 0 Å². The topological polar surface area (TPSA) is 88.2 Å². The number of carbonyl (C=O) groups is 1. The van der Waals surface area contributed by atoms with Crippen molar-refractivity contribution in [1.82, 2.24) is 9.97 Å². The van der Waals surface area contributed by atoms with Crippen LogP contribution in [0, 0.1) is 0 Å². The van der Waals surface area contributed by atoms with Gasteiger partial charge in [-0.15, -0.1) is 0 Å². The highest BCUT2D eigenvalue weighted by molar-refractivity contribution is 5.93. The fraction of sp³-hybridized carbons (Fsp3) is 0.160. The smallest absolute Gasteiger partial charge is 0.229 e. The minimum atomic E-state index is -0.122. The van der Waals surface area contributed by atoms with E-state index in [1.54, 1.807) is 24.5 Å². The lowest BCUT2D eigenvalue weighted by molar-refractivity contribution is -0.116. The first-order chi connectivity index (χ1) is 15.2. The van der Waals surface area contributed by atoms with E-state index in [2.05, 4.69) is 10.3 Å². The number of phenols is 1. The lowest BCUT2D eigenvalue weighted by atomic mass is 9.99. The van der Waals surface area contributed by atoms with Crippen molar-refractivity contribution in [3.05, 3.63) is 73.1 Å². The second kappa shape index (κ2) is 9.26. The number of nitrogens with zero attached hydrogens (tertiary/aromatic N) is 2. The molecule has 0 fully saturated rings. The number of hydrogen-bond donors (Lipinski definition) is 2. The number of pyridine rings is 1. The van der Waals surface area contributed by atoms with Crippen LogP contribution in [-0.4, -0.2) is 21.0 Å². The molecule has 2 heterocycles. The predicted octanol–water partition coefficient (Wildman–Crippen LogP) is 5.90. The molecular weight excluding hydrogens is 390 g/mol. The van der Waals surface area contributed by atoms with E-state index in [-0.39, 0.29) is 17.5 Å². The van der Waals surface area contributed by atoms with E-state index in [1.165, 1.54) is 0 Å². The molecule has 0 aliphatic rings. The standard InChI is InChI=1S/C25H23N3O3/c1-2-3-14-22(30)27-25-23(17-9-8-15-26-16-17)28-24(31-25)20-12-5-4-10-18(20)19-11-6-7-13-21(19)29/h4-13,15-16,29H,2-3,14H2,1H3,(H,27,30). The molecule has 2 aromatic carbocycles. The molecule has 6 nitrogen and oxygen atoms in total. The molecule has 0 aliphatic carbocycles. The summed E-state index contributed by atoms with van der Waals surface area (Å²) in [6, 6.07) is 18.3. The molecule has 0 radical (unpaired) electrons. The largest absolute Gasteiger partial charge is 0.507 e. The number of amides is 1. The van der Waals surface area contributed by atoms with Crippen LogP contribution in [-0.2, 0) is 4.79 Å². The molecule has 4 aromatic rings. The number of para-hydroxylation sites is 1. The summed E-state index contributed by atoms with van der Waals surface area (Å²) in [6.45, 7) is 2.04. The molecule has 2 N–H and O–H groups in total. The van der Waals surface area contributed by atoms with Crippen LogP contribution < -0.4 is 5.32 Å². The maximum absolute atomic E-state index is 12.4. The van der Waals surface area contributed by atoms with Crippen molar-refractivity contribution in [1.29, 1.82) is 0 Å². The summed E-state index contributed by atoms with van der Waals surface area (Å²) in [7, 11) is 0. The molecule has 0 atom stereocenters. The van der Waals surface area contributed by atoms with Crippen molar-refractivity contribution in [2.24, 2.45) is 0 Å². The zero-order chi connectivity index (χ0) is 21.6. The predicted molar refractivity (Wildman–Crippen MR) is 120 cm³/mol. The van der Waals surface area contributed by atoms with Gasteiger partial charge in [-0.1, -0.05) is 49.7 Å². The van der Waals surface area contributed by atoms with Crippen molar-refractivity contribution in [3.63, 3.8) is 0 Å². The number of phenolic OH excluding ortho intramolecular Hbond substituents is 1. The lowest BCUT2D eigenvalue weighted by Crippen LogP contribution is -2.11. The number of hydrogen-bond acceptors (Lipinski definition) is 5. The molecule has 0 aliphatic heterocycles. The van der Waals surface area contributed by atoms with E-state index in [0.717, 1.165) is 24.0 Å². The molecule has 2 aromatic heterocycles. The second-order valence-electron chi connectivity index (χ2n) is 7.15. The molecule has 0 saturated carbocycles. The van der Waals surface area contributed by atoms with Crippen LogP contribution in [0.1, 0.15) is 26.2 Å². The van der Waals surface area contributed by atoms with Crippen LogP contribution in [0.4, 0.5) is 5.88 Å². The minimum absolute atomic E-state index is 0.122. The Morgan fingerprint density at radius 3 is 2.45 bits per heavy atom. The van der Waals surface area contributed by atoms with Crippen LogP contribution in [0.15, 0.2) is 77.5 Å². The summed E-state index contributed by atoms with van der Waals surface area (Å²) in [5.74, 6) is 0.686. The van der Waals surface area contributed by atoms with Crippen molar-refractivity contribution in [2.45, 2.75) is 26.2 Å². The van der Waals surface area contributed by atoms with Crippen molar-refractivity contribution in [2.75, 3.05) is 5.32 Å². The number of rotatable bonds is 7. The zero-order valence-corrected chi connectivity index (χ0v) is 17.2. The van der Waals surface area contributed by atoms with Gasteiger partial charge in [0, 0.05) is 35.5 Å². The summed E-state index contributed by atoms with van der Waals surface area (Å²) in [5, 5.41) is 13.2. The van der Waals surface area contributed by atoms with Gasteiger partial charge in [0.25, 0.3) is 0 Å². The van der Waals surface area contributed by atoms with Gasteiger partial charge in [-0.3, -0.25) is 15.1 Å². The van der Waals surface area contributed by atoms with E-state index in [0.29, 0.717) is 29.1 Å². The Kier molecular flexibility index (Phi) is 6.08. The molecule has 31 heavy (non-hydrogen) atoms. The maximum atomic E-state index is 12.4. The summed E-state index contributed by atoms with van der Waals surface area (Å²) >= 11 is 0. The highest BCUT2D eigenvalue weighted by Crippen LogP contribution is 2.39. The fourth-order valence-corrected chi connectivity index (χ4v) is 3.35. The molecule has 1 amide bonds. The number of anilines is 1. The molecular formula is C25H23N3O3. The Hall–Kier alpha value is -3.93. The van der Waals surface area contributed by atoms with Gasteiger partial charge in [-0.25, -0.2) is 4.98 Å². The van der Waals surface area contributed by atoms with E-state index < -0.39 is 0 Å². The van der Waals surface area contributed by atoms with Crippen molar-refractivity contribution in [3.8, 4) is 39.6 Å². The normalized spacial score (nSPS) is 10.7. The summed E-state index contributed by atoms with van der Waals surface area (Å²) in [6.07, 6.45) is 5.49. The van der Waals surface area contributed by atoms with Gasteiger partial charge in [0.05, 0.1) is 0 Å². The van der Waals surface area contributed by atoms with Crippen LogP contribution in [0.3, 0.4) is 0 Å². The minimum Gasteiger partial charge on any atom is -0.507 e. The Morgan fingerprint density at radius 1 is 1.00 bits per heavy atom. The Balaban J connectivity index is 1.80. The molecule has 4 rings (SSSR count). The van der Waals surface area contributed by atoms with Gasteiger partial charge < -0.3 is 9.52 Å². The third-order valence-electron chi connectivity index (χ3n) is 4.92. The highest BCUT2D eigenvalue weighted by Gasteiger charge is 2.21. The van der Waals surface area contributed by atoms with Gasteiger partial charge in [-0.05, 0) is 36.2 Å². The molecule has 0 bridgehead atoms. The summed E-state index contributed by atoms with van der Waals surface area (Å²) < 4.78 is 6.06. The second-order valence-corrected chi connectivity index (χ2v) is 7.15. The first kappa shape index (κ1) is 20.3. The number of oxazole rings is 1. The van der Waals surface area contributed by atoms with Crippen molar-refractivity contribution < 1.29 is 14.3 Å². The van der Waals surface area contributed by atoms with E-state index in [1.807, 2.05) is 55.5 Å². The molecule has 0 unspecified atom stereocenters. The third kappa shape index (κ3) is 4.48. The molecule has 0 spiro atoms. The van der Waals surface area contributed by atoms with Crippen molar-refractivity contribution >= 4 is 11.8 Å². The van der Waals surface area contributed by atoms with Gasteiger partial charge in [0.1, 0.15) is 11.4 Å². The number of aromatic hydroxyl groups is 1. The monoisotopic (exact) mass is 413 g/mol. The molecule has 6 heteroatoms. The number of nitrogens with one attached hydrogen (secondary N) is 1. The molecule has 0 saturated heterocycles. The first-order valence-corrected chi connectivity index (χ1v) is 10.3. The Morgan fingerprint density at radius 2 is 1.74 bits per heavy atom. The average Bonchev–Trinajstić information content (AvgIpc) is 3.22. The lowest BCUT2D eigenvalue weighted by Gasteiger charge is -2.08. The number of aromatic nitrogens is 2.